The second-order valence-electron chi connectivity index (χ2n) is 19.2. The van der Waals surface area contributed by atoms with E-state index in [1.807, 2.05) is 21.1 Å². The second-order valence-corrected chi connectivity index (χ2v) is 20.7. The molecule has 2 unspecified atom stereocenters. The Bertz CT molecular complexity index is 1340. The lowest BCUT2D eigenvalue weighted by molar-refractivity contribution is -0.870. The zero-order valence-electron chi connectivity index (χ0n) is 44.1. The van der Waals surface area contributed by atoms with Crippen molar-refractivity contribution in [3.05, 3.63) is 85.1 Å². The number of likely N-dealkylation sites (N-methyl/N-ethyl adjacent to an activating group) is 1. The maximum absolute atomic E-state index is 12.8. The van der Waals surface area contributed by atoms with Gasteiger partial charge in [0.1, 0.15) is 19.3 Å². The lowest BCUT2D eigenvalue weighted by Gasteiger charge is -2.24. The molecule has 1 N–H and O–H groups in total. The normalized spacial score (nSPS) is 14.2. The number of hydrogen-bond acceptors (Lipinski definition) is 6. The largest absolute Gasteiger partial charge is 0.472 e. The number of nitrogens with zero attached hydrogens (tertiary/aromatic N) is 1. The molecule has 0 saturated heterocycles. The van der Waals surface area contributed by atoms with E-state index >= 15 is 0 Å². The molecular weight excluding hydrogens is 854 g/mol. The Hall–Kier alpha value is -2.32. The predicted octanol–water partition coefficient (Wildman–Crippen LogP) is 17.2. The van der Waals surface area contributed by atoms with Gasteiger partial charge in [-0.3, -0.25) is 13.8 Å². The zero-order chi connectivity index (χ0) is 49.0. The monoisotopic (exact) mass is 959 g/mol. The average molecular weight is 959 g/mol. The number of phosphoric acid groups is 1. The van der Waals surface area contributed by atoms with Crippen molar-refractivity contribution in [2.45, 2.75) is 225 Å². The molecule has 0 spiro atoms. The van der Waals surface area contributed by atoms with Crippen LogP contribution in [0.4, 0.5) is 0 Å². The van der Waals surface area contributed by atoms with Gasteiger partial charge in [-0.05, 0) is 83.5 Å². The number of ether oxygens (including phenoxy) is 2. The zero-order valence-corrected chi connectivity index (χ0v) is 45.0. The van der Waals surface area contributed by atoms with Gasteiger partial charge in [-0.15, -0.1) is 0 Å². The molecule has 67 heavy (non-hydrogen) atoms. The predicted molar refractivity (Wildman–Crippen MR) is 288 cm³/mol. The smallest absolute Gasteiger partial charge is 0.457 e. The summed E-state index contributed by atoms with van der Waals surface area (Å²) in [6.07, 6.45) is 68.0. The third kappa shape index (κ3) is 54.5. The minimum atomic E-state index is -4.30. The van der Waals surface area contributed by atoms with Gasteiger partial charge in [0.05, 0.1) is 34.4 Å². The molecule has 0 heterocycles. The minimum absolute atomic E-state index is 0.0741. The number of carbonyl (C=O) groups is 1. The molecule has 0 amide bonds. The topological polar surface area (TPSA) is 91.3 Å². The first kappa shape index (κ1) is 64.7. The maximum Gasteiger partial charge on any atom is 0.472 e. The number of quaternary nitrogens is 1. The molecule has 0 aromatic rings. The number of allylic oxidation sites excluding steroid dienone is 14. The summed E-state index contributed by atoms with van der Waals surface area (Å²) in [5.41, 5.74) is 0. The van der Waals surface area contributed by atoms with Crippen molar-refractivity contribution >= 4 is 13.8 Å². The first-order chi connectivity index (χ1) is 32.6. The highest BCUT2D eigenvalue weighted by atomic mass is 31.2. The number of esters is 1. The fraction of sp³-hybridized carbons (Fsp3) is 0.741. The summed E-state index contributed by atoms with van der Waals surface area (Å²) in [4.78, 5) is 23.0. The first-order valence-corrected chi connectivity index (χ1v) is 28.8. The van der Waals surface area contributed by atoms with E-state index in [2.05, 4.69) is 98.9 Å². The van der Waals surface area contributed by atoms with Crippen molar-refractivity contribution < 1.29 is 37.3 Å². The Labute approximate surface area is 414 Å². The van der Waals surface area contributed by atoms with E-state index in [-0.39, 0.29) is 25.8 Å². The Morgan fingerprint density at radius 2 is 0.866 bits per heavy atom. The molecule has 8 nitrogen and oxygen atoms in total. The van der Waals surface area contributed by atoms with Crippen LogP contribution in [0.1, 0.15) is 219 Å². The summed E-state index contributed by atoms with van der Waals surface area (Å²) in [5.74, 6) is -0.334. The second kappa shape index (κ2) is 50.1. The fourth-order valence-corrected chi connectivity index (χ4v) is 8.01. The average Bonchev–Trinajstić information content (AvgIpc) is 3.29. The number of carbonyl (C=O) groups excluding carboxylic acids is 1. The number of rotatable bonds is 50. The molecule has 0 aliphatic carbocycles. The first-order valence-electron chi connectivity index (χ1n) is 27.3. The Morgan fingerprint density at radius 3 is 1.31 bits per heavy atom. The van der Waals surface area contributed by atoms with Gasteiger partial charge in [-0.2, -0.15) is 0 Å². The molecule has 0 radical (unpaired) electrons. The van der Waals surface area contributed by atoms with Gasteiger partial charge in [0.2, 0.25) is 0 Å². The van der Waals surface area contributed by atoms with Crippen LogP contribution >= 0.6 is 7.82 Å². The van der Waals surface area contributed by atoms with Gasteiger partial charge >= 0.3 is 13.8 Å². The molecule has 2 atom stereocenters. The van der Waals surface area contributed by atoms with E-state index in [1.54, 1.807) is 0 Å². The molecule has 0 aliphatic rings. The number of hydrogen-bond donors (Lipinski definition) is 1. The van der Waals surface area contributed by atoms with E-state index in [9.17, 15) is 14.3 Å². The van der Waals surface area contributed by atoms with Crippen molar-refractivity contribution in [2.75, 3.05) is 54.1 Å². The van der Waals surface area contributed by atoms with Crippen LogP contribution in [0.2, 0.25) is 0 Å². The molecular formula is C58H105NO7P+. The number of unbranched alkanes of at least 4 members (excludes halogenated alkanes) is 22. The van der Waals surface area contributed by atoms with Gasteiger partial charge in [-0.1, -0.05) is 214 Å². The van der Waals surface area contributed by atoms with Crippen LogP contribution in [0.5, 0.6) is 0 Å². The van der Waals surface area contributed by atoms with E-state index in [0.29, 0.717) is 24.1 Å². The Morgan fingerprint density at radius 1 is 0.478 bits per heavy atom. The van der Waals surface area contributed by atoms with Crippen LogP contribution in [0.15, 0.2) is 85.1 Å². The van der Waals surface area contributed by atoms with Gasteiger partial charge in [-0.25, -0.2) is 4.57 Å². The minimum Gasteiger partial charge on any atom is -0.457 e. The van der Waals surface area contributed by atoms with Crippen LogP contribution in [0.3, 0.4) is 0 Å². The summed E-state index contributed by atoms with van der Waals surface area (Å²) in [5, 5.41) is 0. The van der Waals surface area contributed by atoms with Crippen LogP contribution in [-0.4, -0.2) is 75.6 Å². The van der Waals surface area contributed by atoms with Crippen molar-refractivity contribution in [1.29, 1.82) is 0 Å². The molecule has 0 fully saturated rings. The summed E-state index contributed by atoms with van der Waals surface area (Å²) in [6.45, 7) is 5.36. The standard InChI is InChI=1S/C58H104NO7P/c1-6-8-10-12-14-16-18-20-22-24-26-28-29-30-31-32-33-35-37-39-41-43-45-47-49-51-58(60)66-57(56-65-67(61,62)64-54-52-59(3,4)5)55-63-53-50-48-46-44-42-40-38-36-34-27-25-23-21-19-17-15-13-11-9-7-2/h9,11,15,17,21,23-24,26-27,34,38,40,44,46,57H,6-8,10,12-14,16,18-20,22,25,28-33,35-37,39,41-43,45,47-56H2,1-5H3/p+1/b11-9-,17-15-,23-21-,26-24-,34-27-,40-38-,46-44-. The Balaban J connectivity index is 4.18. The fourth-order valence-electron chi connectivity index (χ4n) is 7.27. The van der Waals surface area contributed by atoms with Gasteiger partial charge in [0.25, 0.3) is 0 Å². The molecule has 0 bridgehead atoms. The van der Waals surface area contributed by atoms with Crippen LogP contribution in [-0.2, 0) is 27.9 Å². The van der Waals surface area contributed by atoms with E-state index in [1.165, 1.54) is 128 Å². The highest BCUT2D eigenvalue weighted by Gasteiger charge is 2.26. The molecule has 388 valence electrons. The van der Waals surface area contributed by atoms with Crippen LogP contribution < -0.4 is 0 Å². The Kier molecular flexibility index (Phi) is 48.3. The van der Waals surface area contributed by atoms with Crippen molar-refractivity contribution in [2.24, 2.45) is 0 Å². The highest BCUT2D eigenvalue weighted by Crippen LogP contribution is 2.43. The third-order valence-corrected chi connectivity index (χ3v) is 12.4. The van der Waals surface area contributed by atoms with Crippen molar-refractivity contribution in [1.82, 2.24) is 0 Å². The quantitative estimate of drug-likeness (QED) is 0.0213. The molecule has 0 aromatic heterocycles. The van der Waals surface area contributed by atoms with Crippen LogP contribution in [0.25, 0.3) is 0 Å². The van der Waals surface area contributed by atoms with Gasteiger partial charge in [0.15, 0.2) is 0 Å². The number of phosphoric ester groups is 1. The molecule has 9 heteroatoms. The van der Waals surface area contributed by atoms with E-state index in [4.69, 9.17) is 18.5 Å². The van der Waals surface area contributed by atoms with Crippen molar-refractivity contribution in [3.8, 4) is 0 Å². The lowest BCUT2D eigenvalue weighted by atomic mass is 10.0. The molecule has 0 saturated carbocycles. The third-order valence-electron chi connectivity index (χ3n) is 11.4. The van der Waals surface area contributed by atoms with E-state index < -0.39 is 13.9 Å². The molecule has 0 aromatic carbocycles. The van der Waals surface area contributed by atoms with E-state index in [0.717, 1.165) is 70.6 Å². The summed E-state index contributed by atoms with van der Waals surface area (Å²) < 4.78 is 35.1. The SMILES string of the molecule is CC/C=C\C/C=C\C/C=C\C/C=C\C/C=C\C/C=C\CCCOCC(COP(=O)(O)OCC[N+](C)(C)C)OC(=O)CCCCCCCCCCCCCCC/C=C\CCCCCCCCCC. The molecule has 0 aliphatic heterocycles. The van der Waals surface area contributed by atoms with Crippen LogP contribution in [0, 0.1) is 0 Å². The van der Waals surface area contributed by atoms with Crippen molar-refractivity contribution in [3.63, 3.8) is 0 Å². The van der Waals surface area contributed by atoms with Gasteiger partial charge in [0, 0.05) is 13.0 Å². The lowest BCUT2D eigenvalue weighted by Crippen LogP contribution is -2.37. The maximum atomic E-state index is 12.8. The van der Waals surface area contributed by atoms with Gasteiger partial charge < -0.3 is 18.9 Å². The summed E-state index contributed by atoms with van der Waals surface area (Å²) in [7, 11) is 1.62. The molecule has 0 rings (SSSR count). The summed E-state index contributed by atoms with van der Waals surface area (Å²) >= 11 is 0. The highest BCUT2D eigenvalue weighted by molar-refractivity contribution is 7.47. The summed E-state index contributed by atoms with van der Waals surface area (Å²) in [6, 6.07) is 0.